The number of nitrogens with one attached hydrogen (secondary N) is 1. The highest BCUT2D eigenvalue weighted by Crippen LogP contribution is 2.19. The standard InChI is InChI=1S/C13H21ClN2O2/c1-5-7-9(6-2)16-12(17)10(8(3)4)11(14)15-13(16)18/h8-9H,5-7H2,1-4H3,(H,15,18). The van der Waals surface area contributed by atoms with Crippen LogP contribution in [-0.4, -0.2) is 9.55 Å². The van der Waals surface area contributed by atoms with Crippen LogP contribution in [0.4, 0.5) is 0 Å². The van der Waals surface area contributed by atoms with Crippen LogP contribution in [0.25, 0.3) is 0 Å². The number of hydrogen-bond acceptors (Lipinski definition) is 2. The van der Waals surface area contributed by atoms with Gasteiger partial charge in [0.1, 0.15) is 5.15 Å². The second kappa shape index (κ2) is 6.23. The molecule has 1 rings (SSSR count). The quantitative estimate of drug-likeness (QED) is 0.838. The molecule has 0 saturated carbocycles. The predicted octanol–water partition coefficient (Wildman–Crippen LogP) is 3.06. The molecule has 1 atom stereocenters. The van der Waals surface area contributed by atoms with Gasteiger partial charge in [0, 0.05) is 6.04 Å². The maximum absolute atomic E-state index is 12.4. The number of hydrogen-bond donors (Lipinski definition) is 1. The van der Waals surface area contributed by atoms with Crippen LogP contribution >= 0.6 is 11.6 Å². The van der Waals surface area contributed by atoms with E-state index in [4.69, 9.17) is 11.6 Å². The van der Waals surface area contributed by atoms with Crippen molar-refractivity contribution in [2.45, 2.75) is 58.9 Å². The molecule has 0 aromatic carbocycles. The normalized spacial score (nSPS) is 13.0. The van der Waals surface area contributed by atoms with Crippen molar-refractivity contribution in [3.63, 3.8) is 0 Å². The van der Waals surface area contributed by atoms with Crippen LogP contribution in [0.5, 0.6) is 0 Å². The van der Waals surface area contributed by atoms with E-state index in [9.17, 15) is 9.59 Å². The van der Waals surface area contributed by atoms with Gasteiger partial charge < -0.3 is 0 Å². The van der Waals surface area contributed by atoms with Gasteiger partial charge in [0.05, 0.1) is 5.56 Å². The second-order valence-electron chi connectivity index (χ2n) is 4.84. The summed E-state index contributed by atoms with van der Waals surface area (Å²) in [6, 6.07) is -0.0546. The van der Waals surface area contributed by atoms with Crippen LogP contribution in [0.15, 0.2) is 9.59 Å². The highest BCUT2D eigenvalue weighted by atomic mass is 35.5. The number of aromatic nitrogens is 2. The van der Waals surface area contributed by atoms with E-state index in [1.165, 1.54) is 4.57 Å². The summed E-state index contributed by atoms with van der Waals surface area (Å²) in [5, 5.41) is 0.169. The minimum absolute atomic E-state index is 0.00719. The Hall–Kier alpha value is -1.03. The first-order valence-electron chi connectivity index (χ1n) is 6.48. The Morgan fingerprint density at radius 1 is 1.28 bits per heavy atom. The molecule has 0 bridgehead atoms. The lowest BCUT2D eigenvalue weighted by atomic mass is 10.1. The topological polar surface area (TPSA) is 54.9 Å². The van der Waals surface area contributed by atoms with Crippen molar-refractivity contribution in [2.75, 3.05) is 0 Å². The fraction of sp³-hybridized carbons (Fsp3) is 0.692. The third-order valence-electron chi connectivity index (χ3n) is 3.16. The minimum atomic E-state index is -0.408. The predicted molar refractivity (Wildman–Crippen MR) is 74.7 cm³/mol. The average Bonchev–Trinajstić information content (AvgIpc) is 2.26. The molecule has 1 heterocycles. The van der Waals surface area contributed by atoms with E-state index >= 15 is 0 Å². The summed E-state index contributed by atoms with van der Waals surface area (Å²) < 4.78 is 1.32. The summed E-state index contributed by atoms with van der Waals surface area (Å²) >= 11 is 5.96. The van der Waals surface area contributed by atoms with Gasteiger partial charge in [0.2, 0.25) is 0 Å². The smallest absolute Gasteiger partial charge is 0.297 e. The second-order valence-corrected chi connectivity index (χ2v) is 5.22. The third kappa shape index (κ3) is 2.86. The molecule has 1 unspecified atom stereocenters. The van der Waals surface area contributed by atoms with E-state index in [2.05, 4.69) is 4.98 Å². The van der Waals surface area contributed by atoms with Crippen LogP contribution in [0.1, 0.15) is 64.5 Å². The summed E-state index contributed by atoms with van der Waals surface area (Å²) in [5.74, 6) is -0.00719. The van der Waals surface area contributed by atoms with Gasteiger partial charge in [-0.2, -0.15) is 0 Å². The molecule has 0 saturated heterocycles. The first kappa shape index (κ1) is 15.0. The molecule has 0 amide bonds. The van der Waals surface area contributed by atoms with Crippen LogP contribution in [0.3, 0.4) is 0 Å². The van der Waals surface area contributed by atoms with Crippen molar-refractivity contribution >= 4 is 11.6 Å². The Kier molecular flexibility index (Phi) is 5.20. The lowest BCUT2D eigenvalue weighted by Gasteiger charge is -2.18. The van der Waals surface area contributed by atoms with Gasteiger partial charge in [0.15, 0.2) is 0 Å². The van der Waals surface area contributed by atoms with Crippen molar-refractivity contribution in [1.82, 2.24) is 9.55 Å². The molecule has 0 fully saturated rings. The van der Waals surface area contributed by atoms with Gasteiger partial charge >= 0.3 is 5.69 Å². The zero-order chi connectivity index (χ0) is 13.9. The zero-order valence-electron chi connectivity index (χ0n) is 11.4. The average molecular weight is 273 g/mol. The van der Waals surface area contributed by atoms with Crippen LogP contribution < -0.4 is 11.2 Å². The summed E-state index contributed by atoms with van der Waals surface area (Å²) in [6.45, 7) is 7.81. The molecule has 4 nitrogen and oxygen atoms in total. The summed E-state index contributed by atoms with van der Waals surface area (Å²) in [6.07, 6.45) is 2.51. The fourth-order valence-electron chi connectivity index (χ4n) is 2.22. The van der Waals surface area contributed by atoms with Gasteiger partial charge in [-0.05, 0) is 18.8 Å². The van der Waals surface area contributed by atoms with Crippen molar-refractivity contribution in [1.29, 1.82) is 0 Å². The Balaban J connectivity index is 3.49. The lowest BCUT2D eigenvalue weighted by molar-refractivity contribution is 0.415. The first-order valence-corrected chi connectivity index (χ1v) is 6.85. The van der Waals surface area contributed by atoms with Gasteiger partial charge in [-0.3, -0.25) is 14.3 Å². The third-order valence-corrected chi connectivity index (χ3v) is 3.45. The molecule has 5 heteroatoms. The van der Waals surface area contributed by atoms with E-state index in [0.717, 1.165) is 19.3 Å². The Bertz CT molecular complexity index is 517. The van der Waals surface area contributed by atoms with Gasteiger partial charge in [-0.15, -0.1) is 0 Å². The van der Waals surface area contributed by atoms with Crippen LogP contribution in [0, 0.1) is 0 Å². The molecular formula is C13H21ClN2O2. The summed E-state index contributed by atoms with van der Waals surface area (Å²) in [7, 11) is 0. The number of H-pyrrole nitrogens is 1. The molecule has 0 aliphatic rings. The molecule has 18 heavy (non-hydrogen) atoms. The molecule has 1 aromatic heterocycles. The van der Waals surface area contributed by atoms with Gasteiger partial charge in [0.25, 0.3) is 5.56 Å². The highest BCUT2D eigenvalue weighted by Gasteiger charge is 2.19. The molecule has 1 N–H and O–H groups in total. The van der Waals surface area contributed by atoms with Crippen molar-refractivity contribution in [3.8, 4) is 0 Å². The number of nitrogens with zero attached hydrogens (tertiary/aromatic N) is 1. The van der Waals surface area contributed by atoms with Crippen LogP contribution in [0.2, 0.25) is 5.15 Å². The molecule has 1 aromatic rings. The number of rotatable bonds is 5. The number of aromatic amines is 1. The molecule has 0 radical (unpaired) electrons. The maximum atomic E-state index is 12.4. The summed E-state index contributed by atoms with van der Waals surface area (Å²) in [4.78, 5) is 26.9. The van der Waals surface area contributed by atoms with E-state index in [1.54, 1.807) is 0 Å². The zero-order valence-corrected chi connectivity index (χ0v) is 12.2. The van der Waals surface area contributed by atoms with E-state index < -0.39 is 5.69 Å². The maximum Gasteiger partial charge on any atom is 0.329 e. The van der Waals surface area contributed by atoms with Gasteiger partial charge in [-0.1, -0.05) is 45.7 Å². The molecule has 0 aliphatic carbocycles. The van der Waals surface area contributed by atoms with E-state index in [-0.39, 0.29) is 22.7 Å². The van der Waals surface area contributed by atoms with Crippen LogP contribution in [-0.2, 0) is 0 Å². The monoisotopic (exact) mass is 272 g/mol. The Morgan fingerprint density at radius 2 is 1.89 bits per heavy atom. The Morgan fingerprint density at radius 3 is 2.33 bits per heavy atom. The molecular weight excluding hydrogens is 252 g/mol. The SMILES string of the molecule is CCCC(CC)n1c(=O)[nH]c(Cl)c(C(C)C)c1=O. The Labute approximate surface area is 112 Å². The molecule has 0 spiro atoms. The van der Waals surface area contributed by atoms with Gasteiger partial charge in [-0.25, -0.2) is 4.79 Å². The largest absolute Gasteiger partial charge is 0.329 e. The molecule has 0 aliphatic heterocycles. The summed E-state index contributed by atoms with van der Waals surface area (Å²) in [5.41, 5.74) is -0.167. The minimum Gasteiger partial charge on any atom is -0.297 e. The first-order chi connectivity index (χ1) is 8.43. The van der Waals surface area contributed by atoms with Crippen molar-refractivity contribution in [2.24, 2.45) is 0 Å². The van der Waals surface area contributed by atoms with E-state index in [1.807, 2.05) is 27.7 Å². The fourth-order valence-corrected chi connectivity index (χ4v) is 2.60. The lowest BCUT2D eigenvalue weighted by Crippen LogP contribution is -2.40. The molecule has 102 valence electrons. The van der Waals surface area contributed by atoms with Crippen molar-refractivity contribution in [3.05, 3.63) is 31.6 Å². The number of halogens is 1. The van der Waals surface area contributed by atoms with E-state index in [0.29, 0.717) is 5.56 Å². The highest BCUT2D eigenvalue weighted by molar-refractivity contribution is 6.30. The van der Waals surface area contributed by atoms with Crippen molar-refractivity contribution < 1.29 is 0 Å².